The fourth-order valence-electron chi connectivity index (χ4n) is 0.879. The maximum atomic E-state index is 10.1. The number of rotatable bonds is 7. The molecule has 0 aliphatic rings. The van der Waals surface area contributed by atoms with Crippen molar-refractivity contribution in [1.82, 2.24) is 0 Å². The standard InChI is InChI=1S/C6H14O6.C5H6O4/c7-1-3(9)5(11)6(12)4(10)2-8;1-9-5(8)3-2-4(6)7/h3-12H,1-2H2;2-3H,1H3,(H,6,7)/b;3-2+. The van der Waals surface area contributed by atoms with Gasteiger partial charge in [0.25, 0.3) is 0 Å². The molecule has 4 atom stereocenters. The Morgan fingerprint density at radius 3 is 1.57 bits per heavy atom. The molecule has 0 aromatic heterocycles. The van der Waals surface area contributed by atoms with Crippen LogP contribution in [0.1, 0.15) is 0 Å². The summed E-state index contributed by atoms with van der Waals surface area (Å²) in [6, 6.07) is 0. The first-order valence-corrected chi connectivity index (χ1v) is 5.64. The molecule has 0 aliphatic carbocycles. The van der Waals surface area contributed by atoms with Gasteiger partial charge in [-0.2, -0.15) is 0 Å². The van der Waals surface area contributed by atoms with Crippen LogP contribution in [0.5, 0.6) is 0 Å². The number of carbonyl (C=O) groups excluding carboxylic acids is 1. The molecule has 0 rings (SSSR count). The fraction of sp³-hybridized carbons (Fsp3) is 0.636. The molecule has 0 amide bonds. The quantitative estimate of drug-likeness (QED) is 0.182. The van der Waals surface area contributed by atoms with Crippen molar-refractivity contribution < 1.29 is 50.1 Å². The molecule has 4 unspecified atom stereocenters. The summed E-state index contributed by atoms with van der Waals surface area (Å²) in [5.74, 6) is -1.84. The van der Waals surface area contributed by atoms with Gasteiger partial charge < -0.3 is 40.5 Å². The van der Waals surface area contributed by atoms with Crippen LogP contribution in [0.2, 0.25) is 0 Å². The number of hydrogen-bond acceptors (Lipinski definition) is 9. The van der Waals surface area contributed by atoms with Crippen molar-refractivity contribution in [2.75, 3.05) is 20.3 Å². The molecule has 0 spiro atoms. The van der Waals surface area contributed by atoms with Crippen LogP contribution in [0, 0.1) is 0 Å². The number of aliphatic carboxylic acids is 1. The zero-order valence-corrected chi connectivity index (χ0v) is 11.2. The Bertz CT molecular complexity index is 315. The maximum absolute atomic E-state index is 10.1. The van der Waals surface area contributed by atoms with Gasteiger partial charge in [0.2, 0.25) is 0 Å². The Balaban J connectivity index is 0. The molecule has 0 fully saturated rings. The van der Waals surface area contributed by atoms with Crippen LogP contribution in [-0.4, -0.2) is 92.4 Å². The van der Waals surface area contributed by atoms with Crippen molar-refractivity contribution in [3.8, 4) is 0 Å². The summed E-state index contributed by atoms with van der Waals surface area (Å²) in [7, 11) is 1.18. The summed E-state index contributed by atoms with van der Waals surface area (Å²) < 4.78 is 4.11. The largest absolute Gasteiger partial charge is 0.478 e. The molecule has 124 valence electrons. The predicted octanol–water partition coefficient (Wildman–Crippen LogP) is -3.79. The van der Waals surface area contributed by atoms with Gasteiger partial charge in [-0.05, 0) is 0 Å². The van der Waals surface area contributed by atoms with Crippen molar-refractivity contribution in [1.29, 1.82) is 0 Å². The highest BCUT2D eigenvalue weighted by Crippen LogP contribution is 2.03. The van der Waals surface area contributed by atoms with E-state index in [2.05, 4.69) is 4.74 Å². The van der Waals surface area contributed by atoms with Gasteiger partial charge in [0.05, 0.1) is 20.3 Å². The van der Waals surface area contributed by atoms with E-state index in [0.29, 0.717) is 6.08 Å². The second kappa shape index (κ2) is 12.2. The van der Waals surface area contributed by atoms with E-state index in [0.717, 1.165) is 6.08 Å². The molecule has 21 heavy (non-hydrogen) atoms. The lowest BCUT2D eigenvalue weighted by molar-refractivity contribution is -0.136. The third-order valence-electron chi connectivity index (χ3n) is 2.08. The second-order valence-corrected chi connectivity index (χ2v) is 3.68. The SMILES string of the molecule is COC(=O)/C=C/C(=O)O.OCC(O)C(O)C(O)C(O)CO. The molecule has 0 heterocycles. The van der Waals surface area contributed by atoms with Crippen LogP contribution in [0.15, 0.2) is 12.2 Å². The van der Waals surface area contributed by atoms with Crippen molar-refractivity contribution >= 4 is 11.9 Å². The number of methoxy groups -OCH3 is 1. The highest BCUT2D eigenvalue weighted by atomic mass is 16.5. The number of carboxylic acids is 1. The summed E-state index contributed by atoms with van der Waals surface area (Å²) in [5, 5.41) is 60.1. The molecule has 0 aromatic carbocycles. The Morgan fingerprint density at radius 1 is 0.952 bits per heavy atom. The molecule has 0 aromatic rings. The highest BCUT2D eigenvalue weighted by molar-refractivity contribution is 5.90. The maximum Gasteiger partial charge on any atom is 0.330 e. The third-order valence-corrected chi connectivity index (χ3v) is 2.08. The number of esters is 1. The number of hydrogen-bond donors (Lipinski definition) is 7. The molecule has 0 aliphatic heterocycles. The second-order valence-electron chi connectivity index (χ2n) is 3.68. The first kappa shape index (κ1) is 21.7. The van der Waals surface area contributed by atoms with Crippen LogP contribution in [0.3, 0.4) is 0 Å². The van der Waals surface area contributed by atoms with Crippen molar-refractivity contribution in [2.45, 2.75) is 24.4 Å². The first-order chi connectivity index (χ1) is 9.70. The third kappa shape index (κ3) is 10.8. The lowest BCUT2D eigenvalue weighted by Crippen LogP contribution is -2.46. The van der Waals surface area contributed by atoms with Gasteiger partial charge in [0.1, 0.15) is 24.4 Å². The fourth-order valence-corrected chi connectivity index (χ4v) is 0.879. The average molecular weight is 312 g/mol. The van der Waals surface area contributed by atoms with Gasteiger partial charge in [0, 0.05) is 12.2 Å². The first-order valence-electron chi connectivity index (χ1n) is 5.64. The monoisotopic (exact) mass is 312 g/mol. The van der Waals surface area contributed by atoms with Gasteiger partial charge in [0.15, 0.2) is 0 Å². The summed E-state index contributed by atoms with van der Waals surface area (Å²) in [5.41, 5.74) is 0. The lowest BCUT2D eigenvalue weighted by Gasteiger charge is -2.24. The molecule has 7 N–H and O–H groups in total. The molecule has 10 nitrogen and oxygen atoms in total. The zero-order valence-electron chi connectivity index (χ0n) is 11.2. The Labute approximate surface area is 120 Å². The predicted molar refractivity (Wildman–Crippen MR) is 67.0 cm³/mol. The van der Waals surface area contributed by atoms with E-state index in [1.807, 2.05) is 0 Å². The summed E-state index contributed by atoms with van der Waals surface area (Å²) in [4.78, 5) is 19.9. The van der Waals surface area contributed by atoms with E-state index in [1.54, 1.807) is 0 Å². The smallest absolute Gasteiger partial charge is 0.330 e. The summed E-state index contributed by atoms with van der Waals surface area (Å²) in [6.07, 6.45) is -4.84. The highest BCUT2D eigenvalue weighted by Gasteiger charge is 2.29. The van der Waals surface area contributed by atoms with Gasteiger partial charge in [-0.1, -0.05) is 0 Å². The zero-order chi connectivity index (χ0) is 17.0. The van der Waals surface area contributed by atoms with E-state index in [1.165, 1.54) is 7.11 Å². The number of aliphatic hydroxyl groups excluding tert-OH is 6. The molecule has 10 heteroatoms. The van der Waals surface area contributed by atoms with E-state index in [9.17, 15) is 9.59 Å². The molecular formula is C11H20O10. The molecule has 0 saturated heterocycles. The summed E-state index contributed by atoms with van der Waals surface area (Å²) in [6.45, 7) is -1.45. The molecular weight excluding hydrogens is 292 g/mol. The van der Waals surface area contributed by atoms with Crippen LogP contribution < -0.4 is 0 Å². The Kier molecular flexibility index (Phi) is 12.6. The summed E-state index contributed by atoms with van der Waals surface area (Å²) >= 11 is 0. The van der Waals surface area contributed by atoms with Gasteiger partial charge in [-0.3, -0.25) is 0 Å². The van der Waals surface area contributed by atoms with Gasteiger partial charge in [-0.25, -0.2) is 9.59 Å². The Morgan fingerprint density at radius 2 is 1.33 bits per heavy atom. The van der Waals surface area contributed by atoms with Crippen molar-refractivity contribution in [3.05, 3.63) is 12.2 Å². The van der Waals surface area contributed by atoms with Crippen LogP contribution in [-0.2, 0) is 14.3 Å². The minimum absolute atomic E-state index is 0.669. The lowest BCUT2D eigenvalue weighted by atomic mass is 10.0. The normalized spacial score (nSPS) is 16.3. The van der Waals surface area contributed by atoms with E-state index in [-0.39, 0.29) is 0 Å². The van der Waals surface area contributed by atoms with Crippen LogP contribution >= 0.6 is 0 Å². The molecule has 0 saturated carbocycles. The minimum atomic E-state index is -1.67. The topological polar surface area (TPSA) is 185 Å². The van der Waals surface area contributed by atoms with Crippen molar-refractivity contribution in [2.24, 2.45) is 0 Å². The van der Waals surface area contributed by atoms with Gasteiger partial charge in [-0.15, -0.1) is 0 Å². The number of carbonyl (C=O) groups is 2. The van der Waals surface area contributed by atoms with E-state index < -0.39 is 49.6 Å². The van der Waals surface area contributed by atoms with Crippen LogP contribution in [0.25, 0.3) is 0 Å². The Hall–Kier alpha value is -1.56. The molecule has 0 bridgehead atoms. The van der Waals surface area contributed by atoms with E-state index >= 15 is 0 Å². The average Bonchev–Trinajstić information content (AvgIpc) is 2.49. The molecule has 0 radical (unpaired) electrons. The van der Waals surface area contributed by atoms with Crippen molar-refractivity contribution in [3.63, 3.8) is 0 Å². The van der Waals surface area contributed by atoms with Crippen LogP contribution in [0.4, 0.5) is 0 Å². The number of carboxylic acid groups (broad SMARTS) is 1. The van der Waals surface area contributed by atoms with E-state index in [4.69, 9.17) is 35.7 Å². The number of aliphatic hydroxyl groups is 6. The van der Waals surface area contributed by atoms with Gasteiger partial charge >= 0.3 is 11.9 Å². The minimum Gasteiger partial charge on any atom is -0.478 e. The number of ether oxygens (including phenoxy) is 1.